The minimum Gasteiger partial charge on any atom is -0.354 e. The molecule has 0 radical (unpaired) electrons. The molecule has 1 heterocycles. The molecule has 0 spiro atoms. The van der Waals surface area contributed by atoms with Gasteiger partial charge in [0.25, 0.3) is 0 Å². The highest BCUT2D eigenvalue weighted by atomic mass is 32.2. The molecular formula is C24H19NS. The first kappa shape index (κ1) is 15.5. The Balaban J connectivity index is 1.50. The van der Waals surface area contributed by atoms with Crippen LogP contribution in [0.1, 0.15) is 24.0 Å². The number of nitrogens with one attached hydrogen (secondary N) is 1. The zero-order valence-electron chi connectivity index (χ0n) is 14.6. The van der Waals surface area contributed by atoms with Crippen molar-refractivity contribution < 1.29 is 0 Å². The van der Waals surface area contributed by atoms with Crippen molar-refractivity contribution in [3.05, 3.63) is 96.1 Å². The van der Waals surface area contributed by atoms with E-state index in [0.717, 1.165) is 0 Å². The van der Waals surface area contributed by atoms with Crippen LogP contribution in [0.3, 0.4) is 0 Å². The monoisotopic (exact) mass is 353 g/mol. The Morgan fingerprint density at radius 3 is 2.27 bits per heavy atom. The van der Waals surface area contributed by atoms with Crippen LogP contribution < -0.4 is 5.32 Å². The standard InChI is InChI=1S/C24H19NS/c1-16(18-11-10-17-6-2-3-7-20(17)14-18)19-12-13-24-22(15-19)25-21-8-4-5-9-23(21)26-24/h2-16,25H,1H3. The molecule has 0 amide bonds. The molecule has 2 heteroatoms. The Morgan fingerprint density at radius 2 is 1.35 bits per heavy atom. The van der Waals surface area contributed by atoms with Crippen LogP contribution in [-0.2, 0) is 0 Å². The molecule has 5 rings (SSSR count). The van der Waals surface area contributed by atoms with E-state index in [1.165, 1.54) is 43.1 Å². The molecule has 1 N–H and O–H groups in total. The third-order valence-electron chi connectivity index (χ3n) is 5.15. The summed E-state index contributed by atoms with van der Waals surface area (Å²) < 4.78 is 0. The summed E-state index contributed by atoms with van der Waals surface area (Å²) in [7, 11) is 0. The zero-order valence-corrected chi connectivity index (χ0v) is 15.4. The maximum absolute atomic E-state index is 3.60. The summed E-state index contributed by atoms with van der Waals surface area (Å²) in [6.45, 7) is 2.29. The average Bonchev–Trinajstić information content (AvgIpc) is 2.71. The molecule has 1 unspecified atom stereocenters. The van der Waals surface area contributed by atoms with E-state index in [2.05, 4.69) is 97.2 Å². The van der Waals surface area contributed by atoms with Crippen LogP contribution in [0.15, 0.2) is 94.7 Å². The van der Waals surface area contributed by atoms with Crippen molar-refractivity contribution in [3.8, 4) is 0 Å². The Bertz CT molecular complexity index is 1120. The molecule has 0 saturated carbocycles. The predicted molar refractivity (Wildman–Crippen MR) is 112 cm³/mol. The second-order valence-electron chi connectivity index (χ2n) is 6.81. The van der Waals surface area contributed by atoms with Crippen LogP contribution in [0, 0.1) is 0 Å². The molecule has 4 aromatic carbocycles. The molecule has 0 aliphatic carbocycles. The molecule has 1 nitrogen and oxygen atoms in total. The summed E-state index contributed by atoms with van der Waals surface area (Å²) in [5.41, 5.74) is 5.10. The van der Waals surface area contributed by atoms with Gasteiger partial charge in [-0.1, -0.05) is 79.3 Å². The van der Waals surface area contributed by atoms with E-state index in [0.29, 0.717) is 5.92 Å². The van der Waals surface area contributed by atoms with E-state index in [-0.39, 0.29) is 0 Å². The van der Waals surface area contributed by atoms with Crippen molar-refractivity contribution in [1.29, 1.82) is 0 Å². The van der Waals surface area contributed by atoms with Gasteiger partial charge in [0.05, 0.1) is 11.4 Å². The van der Waals surface area contributed by atoms with Gasteiger partial charge in [-0.2, -0.15) is 0 Å². The topological polar surface area (TPSA) is 12.0 Å². The first-order valence-corrected chi connectivity index (χ1v) is 9.76. The van der Waals surface area contributed by atoms with E-state index >= 15 is 0 Å². The fraction of sp³-hybridized carbons (Fsp3) is 0.0833. The lowest BCUT2D eigenvalue weighted by molar-refractivity contribution is 0.922. The van der Waals surface area contributed by atoms with Crippen molar-refractivity contribution in [2.24, 2.45) is 0 Å². The number of hydrogen-bond donors (Lipinski definition) is 1. The maximum atomic E-state index is 3.60. The molecular weight excluding hydrogens is 334 g/mol. The van der Waals surface area contributed by atoms with Gasteiger partial charge in [0, 0.05) is 15.7 Å². The molecule has 0 aromatic heterocycles. The summed E-state index contributed by atoms with van der Waals surface area (Å²) in [6, 6.07) is 30.7. The summed E-state index contributed by atoms with van der Waals surface area (Å²) in [5, 5.41) is 6.19. The van der Waals surface area contributed by atoms with Crippen LogP contribution in [-0.4, -0.2) is 0 Å². The van der Waals surface area contributed by atoms with Crippen LogP contribution in [0.2, 0.25) is 0 Å². The molecule has 126 valence electrons. The third-order valence-corrected chi connectivity index (χ3v) is 6.31. The number of anilines is 2. The van der Waals surface area contributed by atoms with Gasteiger partial charge in [-0.25, -0.2) is 0 Å². The number of benzene rings is 4. The van der Waals surface area contributed by atoms with Gasteiger partial charge < -0.3 is 5.32 Å². The average molecular weight is 353 g/mol. The van der Waals surface area contributed by atoms with Crippen LogP contribution >= 0.6 is 11.8 Å². The molecule has 0 bridgehead atoms. The van der Waals surface area contributed by atoms with Crippen LogP contribution in [0.25, 0.3) is 10.8 Å². The van der Waals surface area contributed by atoms with Gasteiger partial charge in [-0.3, -0.25) is 0 Å². The molecule has 0 saturated heterocycles. The largest absolute Gasteiger partial charge is 0.354 e. The van der Waals surface area contributed by atoms with Gasteiger partial charge in [0.15, 0.2) is 0 Å². The summed E-state index contributed by atoms with van der Waals surface area (Å²) in [5.74, 6) is 0.355. The van der Waals surface area contributed by atoms with Gasteiger partial charge in [0.2, 0.25) is 0 Å². The van der Waals surface area contributed by atoms with Crippen LogP contribution in [0.4, 0.5) is 11.4 Å². The van der Waals surface area contributed by atoms with Crippen LogP contribution in [0.5, 0.6) is 0 Å². The van der Waals surface area contributed by atoms with Crippen molar-refractivity contribution in [2.75, 3.05) is 5.32 Å². The first-order chi connectivity index (χ1) is 12.8. The van der Waals surface area contributed by atoms with Crippen molar-refractivity contribution in [3.63, 3.8) is 0 Å². The molecule has 26 heavy (non-hydrogen) atoms. The van der Waals surface area contributed by atoms with E-state index in [1.54, 1.807) is 0 Å². The minimum atomic E-state index is 0.355. The maximum Gasteiger partial charge on any atom is 0.0529 e. The second kappa shape index (κ2) is 6.22. The zero-order chi connectivity index (χ0) is 17.5. The van der Waals surface area contributed by atoms with Crippen molar-refractivity contribution in [2.45, 2.75) is 22.6 Å². The molecule has 1 aliphatic rings. The Labute approximate surface area is 158 Å². The van der Waals surface area contributed by atoms with E-state index in [9.17, 15) is 0 Å². The van der Waals surface area contributed by atoms with Crippen molar-refractivity contribution in [1.82, 2.24) is 0 Å². The van der Waals surface area contributed by atoms with Gasteiger partial charge in [0.1, 0.15) is 0 Å². The Morgan fingerprint density at radius 1 is 0.654 bits per heavy atom. The minimum absolute atomic E-state index is 0.355. The highest BCUT2D eigenvalue weighted by Gasteiger charge is 2.17. The number of hydrogen-bond acceptors (Lipinski definition) is 2. The number of fused-ring (bicyclic) bond motifs is 3. The van der Waals surface area contributed by atoms with Gasteiger partial charge in [-0.05, 0) is 46.2 Å². The van der Waals surface area contributed by atoms with E-state index in [4.69, 9.17) is 0 Å². The van der Waals surface area contributed by atoms with Crippen molar-refractivity contribution >= 4 is 33.9 Å². The summed E-state index contributed by atoms with van der Waals surface area (Å²) >= 11 is 1.84. The quantitative estimate of drug-likeness (QED) is 0.360. The summed E-state index contributed by atoms with van der Waals surface area (Å²) in [6.07, 6.45) is 0. The summed E-state index contributed by atoms with van der Waals surface area (Å²) in [4.78, 5) is 2.58. The Hall–Kier alpha value is -2.71. The second-order valence-corrected chi connectivity index (χ2v) is 7.89. The highest BCUT2D eigenvalue weighted by Crippen LogP contribution is 2.45. The number of rotatable bonds is 2. The smallest absolute Gasteiger partial charge is 0.0529 e. The highest BCUT2D eigenvalue weighted by molar-refractivity contribution is 7.99. The van der Waals surface area contributed by atoms with Gasteiger partial charge in [-0.15, -0.1) is 0 Å². The normalized spacial score (nSPS) is 13.6. The fourth-order valence-corrected chi connectivity index (χ4v) is 4.56. The van der Waals surface area contributed by atoms with E-state index < -0.39 is 0 Å². The predicted octanol–water partition coefficient (Wildman–Crippen LogP) is 7.20. The molecule has 4 aromatic rings. The third kappa shape index (κ3) is 2.67. The molecule has 1 atom stereocenters. The Kier molecular flexibility index (Phi) is 3.72. The fourth-order valence-electron chi connectivity index (χ4n) is 3.60. The lowest BCUT2D eigenvalue weighted by atomic mass is 9.91. The SMILES string of the molecule is CC(c1ccc2c(c1)Nc1ccccc1S2)c1ccc2ccccc2c1. The number of para-hydroxylation sites is 1. The van der Waals surface area contributed by atoms with Gasteiger partial charge >= 0.3 is 0 Å². The first-order valence-electron chi connectivity index (χ1n) is 8.94. The molecule has 0 fully saturated rings. The van der Waals surface area contributed by atoms with E-state index in [1.807, 2.05) is 11.8 Å². The lowest BCUT2D eigenvalue weighted by Gasteiger charge is -2.23. The molecule has 1 aliphatic heterocycles. The lowest BCUT2D eigenvalue weighted by Crippen LogP contribution is -2.02.